The van der Waals surface area contributed by atoms with Crippen molar-refractivity contribution in [3.05, 3.63) is 35.4 Å². The summed E-state index contributed by atoms with van der Waals surface area (Å²) in [4.78, 5) is 0. The molecule has 2 heteroatoms. The van der Waals surface area contributed by atoms with E-state index in [4.69, 9.17) is 4.43 Å². The van der Waals surface area contributed by atoms with Gasteiger partial charge in [-0.3, -0.25) is 0 Å². The molecule has 1 aromatic rings. The highest BCUT2D eigenvalue weighted by Crippen LogP contribution is 2.39. The Morgan fingerprint density at radius 1 is 1.06 bits per heavy atom. The Balaban J connectivity index is 2.05. The molecule has 2 rings (SSSR count). The minimum Gasteiger partial charge on any atom is -0.413 e. The van der Waals surface area contributed by atoms with Crippen molar-refractivity contribution in [2.45, 2.75) is 57.8 Å². The zero-order chi connectivity index (χ0) is 12.7. The van der Waals surface area contributed by atoms with Gasteiger partial charge in [-0.25, -0.2) is 0 Å². The fourth-order valence-corrected chi connectivity index (χ4v) is 3.55. The first-order valence-electron chi connectivity index (χ1n) is 6.54. The summed E-state index contributed by atoms with van der Waals surface area (Å²) in [7, 11) is -1.61. The molecule has 17 heavy (non-hydrogen) atoms. The third kappa shape index (κ3) is 2.63. The standard InChI is InChI=1S/C15H24OSi/c1-15(2,3)17(4,5)16-14-10-12-8-6-7-9-13(12)11-14/h6-9,14H,10-11H2,1-5H3. The molecular formula is C15H24OSi. The minimum absolute atomic E-state index is 0.307. The predicted molar refractivity (Wildman–Crippen MR) is 75.9 cm³/mol. The summed E-state index contributed by atoms with van der Waals surface area (Å²) in [6.45, 7) is 11.6. The van der Waals surface area contributed by atoms with Crippen molar-refractivity contribution >= 4 is 8.32 Å². The van der Waals surface area contributed by atoms with Crippen molar-refractivity contribution in [3.63, 3.8) is 0 Å². The van der Waals surface area contributed by atoms with Gasteiger partial charge in [0.25, 0.3) is 0 Å². The van der Waals surface area contributed by atoms with Crippen LogP contribution in [0.4, 0.5) is 0 Å². The predicted octanol–water partition coefficient (Wildman–Crippen LogP) is 4.18. The van der Waals surface area contributed by atoms with Crippen LogP contribution in [-0.4, -0.2) is 14.4 Å². The highest BCUT2D eigenvalue weighted by atomic mass is 28.4. The maximum Gasteiger partial charge on any atom is 0.192 e. The van der Waals surface area contributed by atoms with E-state index >= 15 is 0 Å². The van der Waals surface area contributed by atoms with Gasteiger partial charge < -0.3 is 4.43 Å². The van der Waals surface area contributed by atoms with Crippen LogP contribution in [0.5, 0.6) is 0 Å². The fourth-order valence-electron chi connectivity index (χ4n) is 2.20. The molecule has 1 aliphatic rings. The second kappa shape index (κ2) is 4.25. The molecule has 0 unspecified atom stereocenters. The second-order valence-electron chi connectivity index (χ2n) is 6.68. The van der Waals surface area contributed by atoms with Gasteiger partial charge in [0, 0.05) is 0 Å². The van der Waals surface area contributed by atoms with Crippen LogP contribution in [0.2, 0.25) is 18.1 Å². The summed E-state index contributed by atoms with van der Waals surface area (Å²) in [6.07, 6.45) is 2.61. The maximum atomic E-state index is 6.48. The molecule has 0 atom stereocenters. The van der Waals surface area contributed by atoms with E-state index in [1.54, 1.807) is 0 Å². The van der Waals surface area contributed by atoms with Gasteiger partial charge in [0.2, 0.25) is 0 Å². The first-order chi connectivity index (χ1) is 7.79. The average Bonchev–Trinajstić information content (AvgIpc) is 2.56. The number of rotatable bonds is 2. The van der Waals surface area contributed by atoms with Crippen molar-refractivity contribution in [2.24, 2.45) is 0 Å². The molecule has 0 fully saturated rings. The van der Waals surface area contributed by atoms with Gasteiger partial charge in [-0.1, -0.05) is 45.0 Å². The van der Waals surface area contributed by atoms with Gasteiger partial charge in [-0.05, 0) is 42.1 Å². The number of fused-ring (bicyclic) bond motifs is 1. The second-order valence-corrected chi connectivity index (χ2v) is 11.4. The molecule has 0 spiro atoms. The van der Waals surface area contributed by atoms with E-state index in [1.165, 1.54) is 11.1 Å². The van der Waals surface area contributed by atoms with Crippen LogP contribution >= 0.6 is 0 Å². The summed E-state index contributed by atoms with van der Waals surface area (Å²) in [6, 6.07) is 8.75. The molecular weight excluding hydrogens is 224 g/mol. The van der Waals surface area contributed by atoms with E-state index in [0.717, 1.165) is 12.8 Å². The summed E-state index contributed by atoms with van der Waals surface area (Å²) < 4.78 is 6.48. The lowest BCUT2D eigenvalue weighted by Crippen LogP contribution is -2.44. The largest absolute Gasteiger partial charge is 0.413 e. The smallest absolute Gasteiger partial charge is 0.192 e. The van der Waals surface area contributed by atoms with E-state index in [2.05, 4.69) is 58.1 Å². The number of hydrogen-bond donors (Lipinski definition) is 0. The van der Waals surface area contributed by atoms with Gasteiger partial charge in [0.15, 0.2) is 8.32 Å². The Kier molecular flexibility index (Phi) is 3.21. The Hall–Kier alpha value is -0.603. The molecule has 0 bridgehead atoms. The average molecular weight is 248 g/mol. The van der Waals surface area contributed by atoms with Crippen molar-refractivity contribution in [1.29, 1.82) is 0 Å². The lowest BCUT2D eigenvalue weighted by molar-refractivity contribution is 0.191. The summed E-state index contributed by atoms with van der Waals surface area (Å²) in [5.74, 6) is 0. The Bertz CT molecular complexity index is 379. The SMILES string of the molecule is CC(C)(C)[Si](C)(C)OC1Cc2ccccc2C1. The molecule has 1 aromatic carbocycles. The molecule has 94 valence electrons. The Morgan fingerprint density at radius 3 is 1.94 bits per heavy atom. The fraction of sp³-hybridized carbons (Fsp3) is 0.600. The topological polar surface area (TPSA) is 9.23 Å². The van der Waals surface area contributed by atoms with Gasteiger partial charge in [0.05, 0.1) is 6.10 Å². The van der Waals surface area contributed by atoms with Crippen LogP contribution in [0.1, 0.15) is 31.9 Å². The van der Waals surface area contributed by atoms with E-state index in [1.807, 2.05) is 0 Å². The first kappa shape index (κ1) is 12.8. The van der Waals surface area contributed by atoms with Gasteiger partial charge in [-0.15, -0.1) is 0 Å². The van der Waals surface area contributed by atoms with Crippen LogP contribution in [0.25, 0.3) is 0 Å². The third-order valence-corrected chi connectivity index (χ3v) is 8.82. The van der Waals surface area contributed by atoms with E-state index < -0.39 is 8.32 Å². The van der Waals surface area contributed by atoms with Crippen LogP contribution < -0.4 is 0 Å². The molecule has 0 heterocycles. The Morgan fingerprint density at radius 2 is 1.53 bits per heavy atom. The monoisotopic (exact) mass is 248 g/mol. The lowest BCUT2D eigenvalue weighted by atomic mass is 10.1. The van der Waals surface area contributed by atoms with Crippen LogP contribution in [0, 0.1) is 0 Å². The molecule has 0 aromatic heterocycles. The third-order valence-electron chi connectivity index (χ3n) is 4.28. The van der Waals surface area contributed by atoms with E-state index in [-0.39, 0.29) is 0 Å². The quantitative estimate of drug-likeness (QED) is 0.714. The molecule has 0 N–H and O–H groups in total. The molecule has 0 radical (unpaired) electrons. The van der Waals surface area contributed by atoms with Crippen molar-refractivity contribution in [2.75, 3.05) is 0 Å². The lowest BCUT2D eigenvalue weighted by Gasteiger charge is -2.38. The van der Waals surface area contributed by atoms with Gasteiger partial charge in [-0.2, -0.15) is 0 Å². The van der Waals surface area contributed by atoms with Gasteiger partial charge >= 0.3 is 0 Å². The summed E-state index contributed by atoms with van der Waals surface area (Å²) in [5, 5.41) is 0.307. The van der Waals surface area contributed by atoms with Crippen molar-refractivity contribution < 1.29 is 4.43 Å². The minimum atomic E-state index is -1.61. The van der Waals surface area contributed by atoms with Gasteiger partial charge in [0.1, 0.15) is 0 Å². The molecule has 0 amide bonds. The van der Waals surface area contributed by atoms with Crippen molar-refractivity contribution in [3.8, 4) is 0 Å². The highest BCUT2D eigenvalue weighted by Gasteiger charge is 2.40. The molecule has 0 saturated heterocycles. The first-order valence-corrected chi connectivity index (χ1v) is 9.45. The Labute approximate surface area is 106 Å². The number of benzene rings is 1. The van der Waals surface area contributed by atoms with Crippen LogP contribution in [0.3, 0.4) is 0 Å². The highest BCUT2D eigenvalue weighted by molar-refractivity contribution is 6.74. The van der Waals surface area contributed by atoms with Crippen LogP contribution in [-0.2, 0) is 17.3 Å². The molecule has 0 aliphatic heterocycles. The summed E-state index contributed by atoms with van der Waals surface area (Å²) >= 11 is 0. The summed E-state index contributed by atoms with van der Waals surface area (Å²) in [5.41, 5.74) is 2.97. The zero-order valence-electron chi connectivity index (χ0n) is 11.7. The van der Waals surface area contributed by atoms with E-state index in [9.17, 15) is 0 Å². The maximum absolute atomic E-state index is 6.48. The molecule has 0 saturated carbocycles. The van der Waals surface area contributed by atoms with E-state index in [0.29, 0.717) is 11.1 Å². The van der Waals surface area contributed by atoms with Crippen molar-refractivity contribution in [1.82, 2.24) is 0 Å². The van der Waals surface area contributed by atoms with Crippen LogP contribution in [0.15, 0.2) is 24.3 Å². The number of hydrogen-bond acceptors (Lipinski definition) is 1. The molecule has 1 aliphatic carbocycles. The zero-order valence-corrected chi connectivity index (χ0v) is 12.7. The normalized spacial score (nSPS) is 17.2. The molecule has 1 nitrogen and oxygen atoms in total.